The van der Waals surface area contributed by atoms with Crippen LogP contribution in [0.15, 0.2) is 0 Å². The predicted molar refractivity (Wildman–Crippen MR) is 80.5 cm³/mol. The molecule has 20 heavy (non-hydrogen) atoms. The highest BCUT2D eigenvalue weighted by Gasteiger charge is 2.38. The Morgan fingerprint density at radius 3 is 2.75 bits per heavy atom. The molecule has 0 spiro atoms. The minimum atomic E-state index is 0.00553. The van der Waals surface area contributed by atoms with Crippen molar-refractivity contribution < 1.29 is 9.53 Å². The van der Waals surface area contributed by atoms with Crippen molar-refractivity contribution >= 4 is 5.91 Å². The second kappa shape index (κ2) is 7.41. The maximum absolute atomic E-state index is 12.4. The van der Waals surface area contributed by atoms with Gasteiger partial charge >= 0.3 is 0 Å². The van der Waals surface area contributed by atoms with Gasteiger partial charge in [0.1, 0.15) is 0 Å². The van der Waals surface area contributed by atoms with Crippen LogP contribution >= 0.6 is 0 Å². The molecule has 0 radical (unpaired) electrons. The second-order valence-corrected chi connectivity index (χ2v) is 6.62. The highest BCUT2D eigenvalue weighted by atomic mass is 16.5. The maximum atomic E-state index is 12.4. The average molecular weight is 282 g/mol. The van der Waals surface area contributed by atoms with Crippen LogP contribution in [-0.4, -0.2) is 37.2 Å². The van der Waals surface area contributed by atoms with E-state index in [1.54, 1.807) is 0 Å². The lowest BCUT2D eigenvalue weighted by molar-refractivity contribution is -0.124. The van der Waals surface area contributed by atoms with Gasteiger partial charge in [-0.15, -0.1) is 0 Å². The fourth-order valence-corrected chi connectivity index (χ4v) is 3.45. The molecular formula is C16H30N2O2. The van der Waals surface area contributed by atoms with Crippen LogP contribution in [0.2, 0.25) is 0 Å². The number of ether oxygens (including phenoxy) is 1. The summed E-state index contributed by atoms with van der Waals surface area (Å²) in [6, 6.07) is 0.696. The van der Waals surface area contributed by atoms with Crippen LogP contribution in [0.1, 0.15) is 52.9 Å². The highest BCUT2D eigenvalue weighted by Crippen LogP contribution is 2.33. The van der Waals surface area contributed by atoms with E-state index in [0.717, 1.165) is 6.42 Å². The van der Waals surface area contributed by atoms with Gasteiger partial charge in [0.15, 0.2) is 0 Å². The first-order valence-corrected chi connectivity index (χ1v) is 8.26. The minimum absolute atomic E-state index is 0.00553. The zero-order valence-corrected chi connectivity index (χ0v) is 13.2. The summed E-state index contributed by atoms with van der Waals surface area (Å²) >= 11 is 0. The van der Waals surface area contributed by atoms with Crippen LogP contribution in [0.25, 0.3) is 0 Å². The van der Waals surface area contributed by atoms with Gasteiger partial charge in [0.25, 0.3) is 0 Å². The van der Waals surface area contributed by atoms with E-state index < -0.39 is 0 Å². The Labute approximate surface area is 123 Å². The molecule has 0 aromatic carbocycles. The van der Waals surface area contributed by atoms with Crippen molar-refractivity contribution in [2.45, 2.75) is 71.0 Å². The standard InChI is InChI=1S/C16H30N2O2/c1-4-20-10-15(11(2)3)18-16(19)14-9-12-7-5-6-8-13(12)17-14/h11-15,17H,4-10H2,1-3H3,(H,18,19). The van der Waals surface area contributed by atoms with Crippen LogP contribution in [0.3, 0.4) is 0 Å². The van der Waals surface area contributed by atoms with Crippen LogP contribution in [0.5, 0.6) is 0 Å². The topological polar surface area (TPSA) is 50.4 Å². The van der Waals surface area contributed by atoms with E-state index in [1.807, 2.05) is 6.92 Å². The molecule has 1 heterocycles. The van der Waals surface area contributed by atoms with E-state index in [2.05, 4.69) is 24.5 Å². The first kappa shape index (κ1) is 15.8. The lowest BCUT2D eigenvalue weighted by Crippen LogP contribution is -2.49. The monoisotopic (exact) mass is 282 g/mol. The van der Waals surface area contributed by atoms with Crippen molar-refractivity contribution in [1.82, 2.24) is 10.6 Å². The number of carbonyl (C=O) groups is 1. The van der Waals surface area contributed by atoms with Gasteiger partial charge in [0.05, 0.1) is 18.7 Å². The molecule has 4 unspecified atom stereocenters. The minimum Gasteiger partial charge on any atom is -0.380 e. The highest BCUT2D eigenvalue weighted by molar-refractivity contribution is 5.82. The lowest BCUT2D eigenvalue weighted by atomic mass is 9.85. The molecule has 1 aliphatic heterocycles. The van der Waals surface area contributed by atoms with Gasteiger partial charge in [-0.1, -0.05) is 26.7 Å². The van der Waals surface area contributed by atoms with Crippen molar-refractivity contribution in [2.24, 2.45) is 11.8 Å². The van der Waals surface area contributed by atoms with Gasteiger partial charge in [-0.3, -0.25) is 4.79 Å². The number of hydrogen-bond donors (Lipinski definition) is 2. The van der Waals surface area contributed by atoms with E-state index in [0.29, 0.717) is 31.1 Å². The summed E-state index contributed by atoms with van der Waals surface area (Å²) < 4.78 is 5.48. The van der Waals surface area contributed by atoms with E-state index in [4.69, 9.17) is 4.74 Å². The largest absolute Gasteiger partial charge is 0.380 e. The molecule has 2 rings (SSSR count). The molecule has 1 saturated carbocycles. The number of fused-ring (bicyclic) bond motifs is 1. The maximum Gasteiger partial charge on any atom is 0.237 e. The lowest BCUT2D eigenvalue weighted by Gasteiger charge is -2.25. The van der Waals surface area contributed by atoms with Crippen LogP contribution in [0, 0.1) is 11.8 Å². The van der Waals surface area contributed by atoms with Crippen LogP contribution in [-0.2, 0) is 9.53 Å². The molecule has 4 atom stereocenters. The fraction of sp³-hybridized carbons (Fsp3) is 0.938. The molecule has 4 nitrogen and oxygen atoms in total. The molecule has 1 amide bonds. The molecule has 1 saturated heterocycles. The first-order valence-electron chi connectivity index (χ1n) is 8.26. The summed E-state index contributed by atoms with van der Waals surface area (Å²) in [5, 5.41) is 6.72. The molecule has 116 valence electrons. The Bertz CT molecular complexity index is 306. The third-order valence-electron chi connectivity index (χ3n) is 4.81. The Morgan fingerprint density at radius 2 is 2.10 bits per heavy atom. The zero-order valence-electron chi connectivity index (χ0n) is 13.2. The molecule has 0 aromatic rings. The summed E-state index contributed by atoms with van der Waals surface area (Å²) in [4.78, 5) is 12.4. The molecular weight excluding hydrogens is 252 g/mol. The van der Waals surface area contributed by atoms with Crippen molar-refractivity contribution in [3.8, 4) is 0 Å². The van der Waals surface area contributed by atoms with E-state index >= 15 is 0 Å². The van der Waals surface area contributed by atoms with Gasteiger partial charge < -0.3 is 15.4 Å². The van der Waals surface area contributed by atoms with Gasteiger partial charge in [0, 0.05) is 12.6 Å². The van der Waals surface area contributed by atoms with Crippen LogP contribution < -0.4 is 10.6 Å². The normalized spacial score (nSPS) is 31.1. The van der Waals surface area contributed by atoms with E-state index in [9.17, 15) is 4.79 Å². The van der Waals surface area contributed by atoms with Crippen LogP contribution in [0.4, 0.5) is 0 Å². The van der Waals surface area contributed by atoms with Gasteiger partial charge in [-0.25, -0.2) is 0 Å². The van der Waals surface area contributed by atoms with Gasteiger partial charge in [-0.2, -0.15) is 0 Å². The zero-order chi connectivity index (χ0) is 14.5. The quantitative estimate of drug-likeness (QED) is 0.784. The van der Waals surface area contributed by atoms with Gasteiger partial charge in [-0.05, 0) is 38.0 Å². The number of amides is 1. The van der Waals surface area contributed by atoms with E-state index in [-0.39, 0.29) is 18.0 Å². The van der Waals surface area contributed by atoms with Crippen molar-refractivity contribution in [3.63, 3.8) is 0 Å². The third-order valence-corrected chi connectivity index (χ3v) is 4.81. The van der Waals surface area contributed by atoms with Crippen molar-refractivity contribution in [3.05, 3.63) is 0 Å². The fourth-order valence-electron chi connectivity index (χ4n) is 3.45. The number of rotatable bonds is 6. The molecule has 0 aromatic heterocycles. The Balaban J connectivity index is 1.84. The predicted octanol–water partition coefficient (Wildman–Crippen LogP) is 2.08. The van der Waals surface area contributed by atoms with Gasteiger partial charge in [0.2, 0.25) is 5.91 Å². The Morgan fingerprint density at radius 1 is 1.35 bits per heavy atom. The van der Waals surface area contributed by atoms with Crippen molar-refractivity contribution in [2.75, 3.05) is 13.2 Å². The number of hydrogen-bond acceptors (Lipinski definition) is 3. The Kier molecular flexibility index (Phi) is 5.85. The third kappa shape index (κ3) is 3.95. The molecule has 2 N–H and O–H groups in total. The smallest absolute Gasteiger partial charge is 0.237 e. The summed E-state index contributed by atoms with van der Waals surface area (Å²) in [7, 11) is 0. The number of carbonyl (C=O) groups excluding carboxylic acids is 1. The summed E-state index contributed by atoms with van der Waals surface area (Å²) in [5.41, 5.74) is 0. The summed E-state index contributed by atoms with van der Waals surface area (Å²) in [6.07, 6.45) is 6.17. The molecule has 4 heteroatoms. The molecule has 0 bridgehead atoms. The SMILES string of the molecule is CCOCC(NC(=O)C1CC2CCCCC2N1)C(C)C. The second-order valence-electron chi connectivity index (χ2n) is 6.62. The first-order chi connectivity index (χ1) is 9.61. The van der Waals surface area contributed by atoms with Crippen molar-refractivity contribution in [1.29, 1.82) is 0 Å². The van der Waals surface area contributed by atoms with E-state index in [1.165, 1.54) is 25.7 Å². The Hall–Kier alpha value is -0.610. The summed E-state index contributed by atoms with van der Waals surface area (Å²) in [5.74, 6) is 1.27. The molecule has 2 aliphatic rings. The molecule has 1 aliphatic carbocycles. The molecule has 2 fully saturated rings. The average Bonchev–Trinajstić information content (AvgIpc) is 2.86. The number of nitrogens with one attached hydrogen (secondary N) is 2. The summed E-state index contributed by atoms with van der Waals surface area (Å²) in [6.45, 7) is 7.56.